The Kier molecular flexibility index (Phi) is 6.73. The highest BCUT2D eigenvalue weighted by Gasteiger charge is 2.18. The lowest BCUT2D eigenvalue weighted by molar-refractivity contribution is -0.160. The summed E-state index contributed by atoms with van der Waals surface area (Å²) in [6, 6.07) is -0.758. The summed E-state index contributed by atoms with van der Waals surface area (Å²) < 4.78 is 5.45. The normalized spacial score (nSPS) is 11.7. The van der Waals surface area contributed by atoms with E-state index < -0.39 is 18.0 Å². The average molecular weight is 235 g/mol. The quantitative estimate of drug-likeness (QED) is 0.418. The van der Waals surface area contributed by atoms with Crippen molar-refractivity contribution in [3.63, 3.8) is 0 Å². The fourth-order valence-electron chi connectivity index (χ4n) is 0.837. The molecule has 0 aliphatic rings. The van der Waals surface area contributed by atoms with E-state index in [2.05, 4.69) is 11.3 Å². The topological polar surface area (TPSA) is 72.6 Å². The number of rotatable bonds is 6. The third-order valence-corrected chi connectivity index (χ3v) is 1.85. The summed E-state index contributed by atoms with van der Waals surface area (Å²) in [6.45, 7) is 4.98. The SMILES string of the molecule is C=CN(Cl)CC(=O)OC(=O)[C@@H](N)CCC. The molecule has 15 heavy (non-hydrogen) atoms. The second-order valence-corrected chi connectivity index (χ2v) is 3.36. The molecular weight excluding hydrogens is 220 g/mol. The number of nitrogens with two attached hydrogens (primary N) is 1. The van der Waals surface area contributed by atoms with Gasteiger partial charge in [0.15, 0.2) is 0 Å². The van der Waals surface area contributed by atoms with Gasteiger partial charge in [-0.15, -0.1) is 0 Å². The van der Waals surface area contributed by atoms with E-state index in [1.165, 1.54) is 6.20 Å². The van der Waals surface area contributed by atoms with Crippen LogP contribution in [0, 0.1) is 0 Å². The van der Waals surface area contributed by atoms with Crippen LogP contribution in [0.4, 0.5) is 0 Å². The van der Waals surface area contributed by atoms with E-state index >= 15 is 0 Å². The lowest BCUT2D eigenvalue weighted by atomic mass is 10.2. The molecule has 0 heterocycles. The van der Waals surface area contributed by atoms with Crippen molar-refractivity contribution in [3.05, 3.63) is 12.8 Å². The van der Waals surface area contributed by atoms with Gasteiger partial charge in [0.05, 0.1) is 0 Å². The van der Waals surface area contributed by atoms with Crippen LogP contribution in [-0.2, 0) is 14.3 Å². The van der Waals surface area contributed by atoms with Crippen LogP contribution in [0.15, 0.2) is 12.8 Å². The van der Waals surface area contributed by atoms with Crippen LogP contribution in [0.25, 0.3) is 0 Å². The highest BCUT2D eigenvalue weighted by atomic mass is 35.5. The van der Waals surface area contributed by atoms with Gasteiger partial charge in [-0.2, -0.15) is 0 Å². The molecule has 6 heteroatoms. The first kappa shape index (κ1) is 13.9. The fourth-order valence-corrected chi connectivity index (χ4v) is 0.934. The van der Waals surface area contributed by atoms with Gasteiger partial charge in [0.1, 0.15) is 12.6 Å². The van der Waals surface area contributed by atoms with Crippen LogP contribution in [0.5, 0.6) is 0 Å². The molecule has 2 N–H and O–H groups in total. The van der Waals surface area contributed by atoms with Crippen molar-refractivity contribution in [2.45, 2.75) is 25.8 Å². The molecule has 0 spiro atoms. The fraction of sp³-hybridized carbons (Fsp3) is 0.556. The van der Waals surface area contributed by atoms with E-state index in [9.17, 15) is 9.59 Å². The molecule has 1 atom stereocenters. The lowest BCUT2D eigenvalue weighted by Crippen LogP contribution is -2.35. The first-order valence-corrected chi connectivity index (χ1v) is 4.90. The van der Waals surface area contributed by atoms with E-state index in [0.29, 0.717) is 6.42 Å². The molecule has 0 aromatic carbocycles. The van der Waals surface area contributed by atoms with Gasteiger partial charge < -0.3 is 10.5 Å². The Morgan fingerprint density at radius 1 is 1.67 bits per heavy atom. The van der Waals surface area contributed by atoms with Gasteiger partial charge in [-0.25, -0.2) is 9.59 Å². The third-order valence-electron chi connectivity index (χ3n) is 1.60. The van der Waals surface area contributed by atoms with Crippen molar-refractivity contribution in [2.24, 2.45) is 5.73 Å². The maximum absolute atomic E-state index is 11.2. The molecule has 0 radical (unpaired) electrons. The number of ether oxygens (including phenoxy) is 1. The van der Waals surface area contributed by atoms with E-state index in [1.807, 2.05) is 6.92 Å². The Balaban J connectivity index is 3.95. The molecule has 86 valence electrons. The second-order valence-electron chi connectivity index (χ2n) is 2.93. The van der Waals surface area contributed by atoms with Crippen molar-refractivity contribution in [1.29, 1.82) is 0 Å². The predicted octanol–water partition coefficient (Wildman–Crippen LogP) is 0.783. The number of esters is 2. The van der Waals surface area contributed by atoms with E-state index in [0.717, 1.165) is 10.8 Å². The standard InChI is InChI=1S/C9H15ClN2O3/c1-3-5-7(11)9(14)15-8(13)6-12(10)4-2/h4,7H,2-3,5-6,11H2,1H3/t7-/m0/s1. The number of hydrogen-bond donors (Lipinski definition) is 1. The van der Waals surface area contributed by atoms with Gasteiger partial charge in [-0.3, -0.25) is 4.42 Å². The van der Waals surface area contributed by atoms with Crippen LogP contribution >= 0.6 is 11.8 Å². The average Bonchev–Trinajstić information content (AvgIpc) is 2.17. The van der Waals surface area contributed by atoms with Gasteiger partial charge in [-0.1, -0.05) is 19.9 Å². The molecule has 0 unspecified atom stereocenters. The van der Waals surface area contributed by atoms with Gasteiger partial charge in [-0.05, 0) is 6.42 Å². The molecule has 0 rings (SSSR count). The minimum absolute atomic E-state index is 0.240. The highest BCUT2D eigenvalue weighted by Crippen LogP contribution is 1.99. The van der Waals surface area contributed by atoms with Crippen molar-refractivity contribution in [2.75, 3.05) is 6.54 Å². The van der Waals surface area contributed by atoms with Crippen LogP contribution < -0.4 is 5.73 Å². The van der Waals surface area contributed by atoms with Crippen LogP contribution in [-0.4, -0.2) is 28.9 Å². The van der Waals surface area contributed by atoms with Crippen LogP contribution in [0.1, 0.15) is 19.8 Å². The van der Waals surface area contributed by atoms with Crippen LogP contribution in [0.2, 0.25) is 0 Å². The van der Waals surface area contributed by atoms with Crippen molar-refractivity contribution >= 4 is 23.7 Å². The first-order chi connectivity index (χ1) is 7.01. The van der Waals surface area contributed by atoms with E-state index in [-0.39, 0.29) is 6.54 Å². The summed E-state index contributed by atoms with van der Waals surface area (Å²) in [5.41, 5.74) is 5.45. The zero-order valence-electron chi connectivity index (χ0n) is 8.61. The molecule has 0 saturated carbocycles. The first-order valence-electron chi connectivity index (χ1n) is 4.56. The molecule has 5 nitrogen and oxygen atoms in total. The van der Waals surface area contributed by atoms with Crippen molar-refractivity contribution < 1.29 is 14.3 Å². The summed E-state index contributed by atoms with van der Waals surface area (Å²) in [5, 5.41) is 0. The minimum Gasteiger partial charge on any atom is -0.391 e. The van der Waals surface area contributed by atoms with Crippen molar-refractivity contribution in [1.82, 2.24) is 4.42 Å². The maximum Gasteiger partial charge on any atom is 0.334 e. The molecule has 0 amide bonds. The van der Waals surface area contributed by atoms with Gasteiger partial charge in [0.25, 0.3) is 0 Å². The molecule has 0 fully saturated rings. The zero-order valence-corrected chi connectivity index (χ0v) is 9.37. The number of carbonyl (C=O) groups is 2. The summed E-state index contributed by atoms with van der Waals surface area (Å²) in [5.74, 6) is -1.47. The maximum atomic E-state index is 11.2. The monoisotopic (exact) mass is 234 g/mol. The Bertz CT molecular complexity index is 246. The smallest absolute Gasteiger partial charge is 0.334 e. The van der Waals surface area contributed by atoms with Crippen molar-refractivity contribution in [3.8, 4) is 0 Å². The lowest BCUT2D eigenvalue weighted by Gasteiger charge is -2.11. The number of carbonyl (C=O) groups excluding carboxylic acids is 2. The summed E-state index contributed by atoms with van der Waals surface area (Å²) in [4.78, 5) is 22.2. The number of halogens is 1. The second kappa shape index (κ2) is 7.25. The third kappa shape index (κ3) is 6.09. The molecule has 0 bridgehead atoms. The predicted molar refractivity (Wildman–Crippen MR) is 56.7 cm³/mol. The molecule has 0 aromatic rings. The van der Waals surface area contributed by atoms with E-state index in [1.54, 1.807) is 0 Å². The van der Waals surface area contributed by atoms with Gasteiger partial charge >= 0.3 is 11.9 Å². The Morgan fingerprint density at radius 3 is 2.73 bits per heavy atom. The highest BCUT2D eigenvalue weighted by molar-refractivity contribution is 6.15. The number of nitrogens with zero attached hydrogens (tertiary/aromatic N) is 1. The molecule has 0 aliphatic carbocycles. The molecule has 0 saturated heterocycles. The summed E-state index contributed by atoms with van der Waals surface area (Å²) in [6.07, 6.45) is 2.47. The summed E-state index contributed by atoms with van der Waals surface area (Å²) >= 11 is 5.46. The minimum atomic E-state index is -0.758. The van der Waals surface area contributed by atoms with Gasteiger partial charge in [0.2, 0.25) is 0 Å². The molecule has 0 aliphatic heterocycles. The van der Waals surface area contributed by atoms with E-state index in [4.69, 9.17) is 17.5 Å². The molecule has 0 aromatic heterocycles. The molecular formula is C9H15ClN2O3. The Morgan fingerprint density at radius 2 is 2.27 bits per heavy atom. The zero-order chi connectivity index (χ0) is 11.8. The van der Waals surface area contributed by atoms with Crippen LogP contribution in [0.3, 0.4) is 0 Å². The Labute approximate surface area is 93.9 Å². The number of hydrogen-bond acceptors (Lipinski definition) is 5. The largest absolute Gasteiger partial charge is 0.391 e. The Hall–Kier alpha value is -1.07. The van der Waals surface area contributed by atoms with Gasteiger partial charge in [0, 0.05) is 18.0 Å². The summed E-state index contributed by atoms with van der Waals surface area (Å²) in [7, 11) is 0.